The molecule has 62 heavy (non-hydrogen) atoms. The average molecular weight is 853 g/mol. The van der Waals surface area contributed by atoms with Crippen molar-refractivity contribution >= 4 is 44.5 Å². The molecule has 2 aliphatic carbocycles. The monoisotopic (exact) mass is 852 g/mol. The predicted molar refractivity (Wildman–Crippen MR) is 268 cm³/mol. The Bertz CT molecular complexity index is 2380. The lowest BCUT2D eigenvalue weighted by atomic mass is 9.69. The Hall–Kier alpha value is -5.16. The molecule has 0 aromatic heterocycles. The number of hydrogen-bond acceptors (Lipinski definition) is 4. The van der Waals surface area contributed by atoms with Crippen molar-refractivity contribution in [2.24, 2.45) is 22.7 Å². The van der Waals surface area contributed by atoms with Gasteiger partial charge < -0.3 is 9.47 Å². The highest BCUT2D eigenvalue weighted by molar-refractivity contribution is 8.12. The van der Waals surface area contributed by atoms with Crippen LogP contribution in [0.5, 0.6) is 0 Å². The van der Waals surface area contributed by atoms with Crippen LogP contribution in [0.2, 0.25) is 0 Å². The van der Waals surface area contributed by atoms with Crippen molar-refractivity contribution in [2.75, 3.05) is 14.2 Å². The summed E-state index contributed by atoms with van der Waals surface area (Å²) in [6.45, 7) is 14.3. The fraction of sp³-hybridized carbons (Fsp3) is 0.276. The van der Waals surface area contributed by atoms with Gasteiger partial charge in [0.1, 0.15) is 0 Å². The molecule has 4 aromatic carbocycles. The molecule has 0 saturated carbocycles. The molecule has 0 amide bonds. The van der Waals surface area contributed by atoms with Crippen LogP contribution in [-0.4, -0.2) is 14.2 Å². The molecule has 0 bridgehead atoms. The van der Waals surface area contributed by atoms with Crippen LogP contribution in [0.15, 0.2) is 201 Å². The van der Waals surface area contributed by atoms with Crippen molar-refractivity contribution in [1.82, 2.24) is 0 Å². The van der Waals surface area contributed by atoms with E-state index in [1.807, 2.05) is 23.5 Å². The van der Waals surface area contributed by atoms with Gasteiger partial charge in [-0.3, -0.25) is 0 Å². The number of ether oxygens (including phenoxy) is 2. The molecule has 4 aromatic rings. The summed E-state index contributed by atoms with van der Waals surface area (Å²) in [7, 11) is 3.51. The van der Waals surface area contributed by atoms with Crippen LogP contribution in [0.1, 0.15) is 89.5 Å². The van der Waals surface area contributed by atoms with Gasteiger partial charge in [-0.2, -0.15) is 0 Å². The Balaban J connectivity index is 1.23. The van der Waals surface area contributed by atoms with Gasteiger partial charge in [-0.1, -0.05) is 199 Å². The van der Waals surface area contributed by atoms with E-state index in [0.29, 0.717) is 23.4 Å². The minimum atomic E-state index is 0.133. The van der Waals surface area contributed by atoms with Crippen molar-refractivity contribution in [2.45, 2.75) is 67.2 Å². The van der Waals surface area contributed by atoms with E-state index in [0.717, 1.165) is 25.7 Å². The highest BCUT2D eigenvalue weighted by atomic mass is 32.2. The lowest BCUT2D eigenvalue weighted by Crippen LogP contribution is -2.25. The van der Waals surface area contributed by atoms with Crippen LogP contribution in [0.3, 0.4) is 0 Å². The maximum absolute atomic E-state index is 6.20. The van der Waals surface area contributed by atoms with Gasteiger partial charge in [0.2, 0.25) is 0 Å². The van der Waals surface area contributed by atoms with Crippen molar-refractivity contribution in [3.8, 4) is 0 Å². The van der Waals surface area contributed by atoms with E-state index in [-0.39, 0.29) is 10.8 Å². The summed E-state index contributed by atoms with van der Waals surface area (Å²) in [6.07, 6.45) is 17.8. The third-order valence-electron chi connectivity index (χ3n) is 12.9. The molecule has 0 N–H and O–H groups in total. The van der Waals surface area contributed by atoms with E-state index in [1.165, 1.54) is 75.3 Å². The third-order valence-corrected chi connectivity index (χ3v) is 15.5. The lowest BCUT2D eigenvalue weighted by molar-refractivity contribution is 0.233. The fourth-order valence-electron chi connectivity index (χ4n) is 8.97. The average Bonchev–Trinajstić information content (AvgIpc) is 3.29. The first-order valence-corrected chi connectivity index (χ1v) is 23.7. The molecule has 2 heterocycles. The number of allylic oxidation sites excluding steroid dienone is 12. The zero-order valence-corrected chi connectivity index (χ0v) is 39.3. The van der Waals surface area contributed by atoms with Crippen LogP contribution >= 0.6 is 23.5 Å². The Morgan fingerprint density at radius 3 is 1.10 bits per heavy atom. The molecular weight excluding hydrogens is 793 g/mol. The van der Waals surface area contributed by atoms with Gasteiger partial charge in [-0.05, 0) is 128 Å². The summed E-state index contributed by atoms with van der Waals surface area (Å²) in [5, 5.41) is 0. The van der Waals surface area contributed by atoms with Crippen LogP contribution < -0.4 is 0 Å². The minimum absolute atomic E-state index is 0.133. The quantitative estimate of drug-likeness (QED) is 0.117. The first-order valence-electron chi connectivity index (χ1n) is 22.0. The molecule has 4 heteroatoms. The summed E-state index contributed by atoms with van der Waals surface area (Å²) in [5.74, 6) is 2.37. The van der Waals surface area contributed by atoms with Gasteiger partial charge in [0.25, 0.3) is 0 Å². The number of benzene rings is 4. The van der Waals surface area contributed by atoms with Gasteiger partial charge >= 0.3 is 0 Å². The zero-order chi connectivity index (χ0) is 43.4. The van der Waals surface area contributed by atoms with Gasteiger partial charge in [-0.25, -0.2) is 0 Å². The number of rotatable bonds is 10. The van der Waals surface area contributed by atoms with Crippen molar-refractivity contribution < 1.29 is 9.47 Å². The molecule has 0 radical (unpaired) electrons. The molecule has 0 saturated heterocycles. The van der Waals surface area contributed by atoms with E-state index >= 15 is 0 Å². The summed E-state index contributed by atoms with van der Waals surface area (Å²) >= 11 is 3.82. The number of hydrogen-bond donors (Lipinski definition) is 0. The maximum Gasteiger partial charge on any atom is 0.160 e. The minimum Gasteiger partial charge on any atom is -0.493 e. The normalized spacial score (nSPS) is 20.3. The number of fused-ring (bicyclic) bond motifs is 2. The fourth-order valence-corrected chi connectivity index (χ4v) is 11.5. The third kappa shape index (κ3) is 9.58. The van der Waals surface area contributed by atoms with E-state index < -0.39 is 0 Å². The van der Waals surface area contributed by atoms with Crippen LogP contribution in [0, 0.1) is 22.7 Å². The smallest absolute Gasteiger partial charge is 0.160 e. The molecule has 8 rings (SSSR count). The van der Waals surface area contributed by atoms with Gasteiger partial charge in [0.15, 0.2) is 11.5 Å². The van der Waals surface area contributed by atoms with Crippen LogP contribution in [-0.2, 0) is 9.47 Å². The zero-order valence-electron chi connectivity index (χ0n) is 37.6. The van der Waals surface area contributed by atoms with Crippen molar-refractivity contribution in [3.63, 3.8) is 0 Å². The molecule has 0 spiro atoms. The molecule has 2 atom stereocenters. The molecule has 2 nitrogen and oxygen atoms in total. The van der Waals surface area contributed by atoms with E-state index in [1.54, 1.807) is 14.2 Å². The predicted octanol–water partition coefficient (Wildman–Crippen LogP) is 16.5. The van der Waals surface area contributed by atoms with Crippen LogP contribution in [0.4, 0.5) is 0 Å². The standard InChI is InChI=1S/C58H60O2S2/c1-57(2,3)45-33-43(55-49(35-45)47(39-21-13-9-14-22-39)37-53(61-55)41-25-17-11-18-26-41)29-31-51(59-7)52(60-8)32-30-44-34-46(58(4,5)6)36-50-48(40-23-15-10-16-24-40)38-54(62-56(44)50)42-27-19-12-20-28-42/h9-32,37-38,45-46H,33-36H2,1-8H3/b31-29+,32-30+,52-51+. The Labute approximate surface area is 379 Å². The summed E-state index contributed by atoms with van der Waals surface area (Å²) < 4.78 is 12.4. The summed E-state index contributed by atoms with van der Waals surface area (Å²) in [4.78, 5) is 5.27. The van der Waals surface area contributed by atoms with Crippen molar-refractivity contribution in [3.05, 3.63) is 224 Å². The molecule has 2 aliphatic heterocycles. The highest BCUT2D eigenvalue weighted by Gasteiger charge is 2.37. The second-order valence-corrected chi connectivity index (χ2v) is 21.0. The Kier molecular flexibility index (Phi) is 13.1. The maximum atomic E-state index is 6.20. The van der Waals surface area contributed by atoms with E-state index in [2.05, 4.69) is 199 Å². The van der Waals surface area contributed by atoms with Gasteiger partial charge in [0.05, 0.1) is 14.2 Å². The largest absolute Gasteiger partial charge is 0.493 e. The molecule has 0 fully saturated rings. The first kappa shape index (κ1) is 43.5. The van der Waals surface area contributed by atoms with Gasteiger partial charge in [-0.15, -0.1) is 0 Å². The molecule has 316 valence electrons. The lowest BCUT2D eigenvalue weighted by Gasteiger charge is -2.39. The topological polar surface area (TPSA) is 18.5 Å². The van der Waals surface area contributed by atoms with E-state index in [9.17, 15) is 0 Å². The highest BCUT2D eigenvalue weighted by Crippen LogP contribution is 2.56. The van der Waals surface area contributed by atoms with Gasteiger partial charge in [0, 0.05) is 19.6 Å². The molecular formula is C58H60O2S2. The number of methoxy groups -OCH3 is 2. The van der Waals surface area contributed by atoms with Crippen molar-refractivity contribution in [1.29, 1.82) is 0 Å². The number of thioether (sulfide) groups is 2. The Morgan fingerprint density at radius 2 is 0.790 bits per heavy atom. The second-order valence-electron chi connectivity index (χ2n) is 18.9. The Morgan fingerprint density at radius 1 is 0.468 bits per heavy atom. The van der Waals surface area contributed by atoms with Crippen LogP contribution in [0.25, 0.3) is 21.0 Å². The van der Waals surface area contributed by atoms with E-state index in [4.69, 9.17) is 9.47 Å². The SMILES string of the molecule is COC(/C=C/C1=C2SC(c3ccccc3)=CC(c3ccccc3)=C2CC(C(C)(C)C)C1)=C(\C=C\C1=C2SC(c3ccccc3)=CC(c3ccccc3)=C2CC(C(C)(C)C)C1)OC. The molecule has 2 unspecified atom stereocenters. The summed E-state index contributed by atoms with van der Waals surface area (Å²) in [6, 6.07) is 43.5. The summed E-state index contributed by atoms with van der Waals surface area (Å²) in [5.41, 5.74) is 13.5. The second kappa shape index (κ2) is 18.7. The molecule has 4 aliphatic rings. The first-order chi connectivity index (χ1) is 29.9.